The number of halogens is 1. The molecule has 0 aliphatic rings. The topological polar surface area (TPSA) is 12.0 Å². The third kappa shape index (κ3) is 3.50. The van der Waals surface area contributed by atoms with E-state index in [1.54, 1.807) is 23.1 Å². The maximum atomic E-state index is 3.50. The number of rotatable bonds is 4. The molecule has 1 aromatic heterocycles. The van der Waals surface area contributed by atoms with Crippen LogP contribution in [-0.2, 0) is 0 Å². The lowest BCUT2D eigenvalue weighted by Crippen LogP contribution is -2.04. The molecule has 0 aliphatic carbocycles. The van der Waals surface area contributed by atoms with Crippen LogP contribution >= 0.6 is 39.0 Å². The molecule has 0 amide bonds. The lowest BCUT2D eigenvalue weighted by molar-refractivity contribution is 0.908. The third-order valence-corrected chi connectivity index (χ3v) is 5.04. The first-order valence-corrected chi connectivity index (χ1v) is 8.18. The van der Waals surface area contributed by atoms with E-state index in [0.29, 0.717) is 6.04 Å². The minimum Gasteiger partial charge on any atom is -0.378 e. The van der Waals surface area contributed by atoms with Gasteiger partial charge in [0.25, 0.3) is 0 Å². The van der Waals surface area contributed by atoms with E-state index < -0.39 is 0 Å². The molecule has 1 atom stereocenters. The lowest BCUT2D eigenvalue weighted by Gasteiger charge is -2.13. The lowest BCUT2D eigenvalue weighted by atomic mass is 10.2. The molecule has 1 N–H and O–H groups in total. The van der Waals surface area contributed by atoms with Gasteiger partial charge in [-0.25, -0.2) is 0 Å². The van der Waals surface area contributed by atoms with Crippen molar-refractivity contribution >= 4 is 44.7 Å². The van der Waals surface area contributed by atoms with Gasteiger partial charge < -0.3 is 5.32 Å². The smallest absolute Gasteiger partial charge is 0.0702 e. The van der Waals surface area contributed by atoms with Crippen molar-refractivity contribution in [1.82, 2.24) is 0 Å². The Morgan fingerprint density at radius 3 is 2.41 bits per heavy atom. The van der Waals surface area contributed by atoms with Gasteiger partial charge in [0.1, 0.15) is 0 Å². The molecule has 17 heavy (non-hydrogen) atoms. The van der Waals surface area contributed by atoms with Crippen LogP contribution in [0.15, 0.2) is 45.1 Å². The van der Waals surface area contributed by atoms with E-state index in [4.69, 9.17) is 0 Å². The Bertz CT molecular complexity index is 478. The fraction of sp³-hybridized carbons (Fsp3) is 0.231. The molecule has 0 radical (unpaired) electrons. The summed E-state index contributed by atoms with van der Waals surface area (Å²) in [7, 11) is 0. The van der Waals surface area contributed by atoms with Crippen molar-refractivity contribution in [2.75, 3.05) is 11.6 Å². The monoisotopic (exact) mass is 327 g/mol. The number of thiophene rings is 1. The highest BCUT2D eigenvalue weighted by Gasteiger charge is 2.07. The van der Waals surface area contributed by atoms with Crippen LogP contribution in [0.3, 0.4) is 0 Å². The molecule has 0 saturated carbocycles. The predicted octanol–water partition coefficient (Wildman–Crippen LogP) is 5.41. The normalized spacial score (nSPS) is 12.4. The summed E-state index contributed by atoms with van der Waals surface area (Å²) in [5, 5.41) is 3.50. The molecule has 1 unspecified atom stereocenters. The summed E-state index contributed by atoms with van der Waals surface area (Å²) in [6, 6.07) is 13.1. The van der Waals surface area contributed by atoms with Crippen molar-refractivity contribution in [2.24, 2.45) is 0 Å². The van der Waals surface area contributed by atoms with Crippen LogP contribution in [0.1, 0.15) is 17.8 Å². The van der Waals surface area contributed by atoms with Crippen molar-refractivity contribution in [3.63, 3.8) is 0 Å². The molecular formula is C13H14BrNS2. The number of benzene rings is 1. The van der Waals surface area contributed by atoms with Crippen molar-refractivity contribution in [1.29, 1.82) is 0 Å². The minimum atomic E-state index is 0.339. The second kappa shape index (κ2) is 5.94. The van der Waals surface area contributed by atoms with Crippen LogP contribution in [-0.4, -0.2) is 6.26 Å². The summed E-state index contributed by atoms with van der Waals surface area (Å²) in [5.41, 5.74) is 1.17. The Hall–Kier alpha value is -0.450. The van der Waals surface area contributed by atoms with Gasteiger partial charge in [0, 0.05) is 15.5 Å². The molecular weight excluding hydrogens is 314 g/mol. The van der Waals surface area contributed by atoms with Gasteiger partial charge in [0.05, 0.1) is 9.83 Å². The molecule has 0 saturated heterocycles. The van der Waals surface area contributed by atoms with Crippen LogP contribution in [0.5, 0.6) is 0 Å². The van der Waals surface area contributed by atoms with Crippen LogP contribution in [0.2, 0.25) is 0 Å². The maximum Gasteiger partial charge on any atom is 0.0702 e. The predicted molar refractivity (Wildman–Crippen MR) is 82.3 cm³/mol. The average molecular weight is 328 g/mol. The molecule has 1 heterocycles. The molecule has 0 spiro atoms. The Kier molecular flexibility index (Phi) is 4.54. The van der Waals surface area contributed by atoms with Gasteiger partial charge in [-0.15, -0.1) is 23.1 Å². The zero-order valence-corrected chi connectivity index (χ0v) is 13.0. The summed E-state index contributed by atoms with van der Waals surface area (Å²) < 4.78 is 1.18. The van der Waals surface area contributed by atoms with Crippen molar-refractivity contribution in [3.05, 3.63) is 45.1 Å². The summed E-state index contributed by atoms with van der Waals surface area (Å²) in [5.74, 6) is 0. The first kappa shape index (κ1) is 13.0. The molecule has 4 heteroatoms. The molecule has 0 aliphatic heterocycles. The van der Waals surface area contributed by atoms with Crippen LogP contribution < -0.4 is 5.32 Å². The number of nitrogens with one attached hydrogen (secondary N) is 1. The number of hydrogen-bond donors (Lipinski definition) is 1. The van der Waals surface area contributed by atoms with Gasteiger partial charge in [-0.2, -0.15) is 0 Å². The van der Waals surface area contributed by atoms with E-state index >= 15 is 0 Å². The Morgan fingerprint density at radius 1 is 1.18 bits per heavy atom. The van der Waals surface area contributed by atoms with E-state index in [9.17, 15) is 0 Å². The van der Waals surface area contributed by atoms with Crippen molar-refractivity contribution in [2.45, 2.75) is 17.9 Å². The van der Waals surface area contributed by atoms with E-state index in [1.165, 1.54) is 19.2 Å². The Morgan fingerprint density at radius 2 is 1.88 bits per heavy atom. The highest BCUT2D eigenvalue weighted by Crippen LogP contribution is 2.29. The van der Waals surface area contributed by atoms with E-state index in [2.05, 4.69) is 70.8 Å². The fourth-order valence-electron chi connectivity index (χ4n) is 1.57. The zero-order valence-electron chi connectivity index (χ0n) is 9.74. The molecule has 1 aromatic carbocycles. The summed E-state index contributed by atoms with van der Waals surface area (Å²) in [4.78, 5) is 2.63. The van der Waals surface area contributed by atoms with E-state index in [-0.39, 0.29) is 0 Å². The highest BCUT2D eigenvalue weighted by atomic mass is 79.9. The van der Waals surface area contributed by atoms with Gasteiger partial charge in [0.2, 0.25) is 0 Å². The fourth-order valence-corrected chi connectivity index (χ4v) is 3.40. The SMILES string of the molecule is CSc1ccc(NC(C)c2ccc(Br)s2)cc1. The summed E-state index contributed by atoms with van der Waals surface area (Å²) in [6.07, 6.45) is 2.09. The quantitative estimate of drug-likeness (QED) is 0.754. The minimum absolute atomic E-state index is 0.339. The first-order chi connectivity index (χ1) is 8.19. The maximum absolute atomic E-state index is 3.50. The molecule has 2 aromatic rings. The zero-order chi connectivity index (χ0) is 12.3. The van der Waals surface area contributed by atoms with Crippen LogP contribution in [0.25, 0.3) is 0 Å². The number of thioether (sulfide) groups is 1. The molecule has 90 valence electrons. The second-order valence-electron chi connectivity index (χ2n) is 3.74. The summed E-state index contributed by atoms with van der Waals surface area (Å²) in [6.45, 7) is 2.18. The van der Waals surface area contributed by atoms with Gasteiger partial charge in [-0.1, -0.05) is 0 Å². The second-order valence-corrected chi connectivity index (χ2v) is 7.11. The largest absolute Gasteiger partial charge is 0.378 e. The molecule has 0 bridgehead atoms. The molecule has 2 rings (SSSR count). The van der Waals surface area contributed by atoms with Crippen LogP contribution in [0, 0.1) is 0 Å². The van der Waals surface area contributed by atoms with Crippen LogP contribution in [0.4, 0.5) is 5.69 Å². The highest BCUT2D eigenvalue weighted by molar-refractivity contribution is 9.11. The van der Waals surface area contributed by atoms with Crippen molar-refractivity contribution in [3.8, 4) is 0 Å². The molecule has 1 nitrogen and oxygen atoms in total. The van der Waals surface area contributed by atoms with Crippen molar-refractivity contribution < 1.29 is 0 Å². The average Bonchev–Trinajstić information content (AvgIpc) is 2.77. The number of anilines is 1. The van der Waals surface area contributed by atoms with Gasteiger partial charge in [0.15, 0.2) is 0 Å². The molecule has 0 fully saturated rings. The van der Waals surface area contributed by atoms with Gasteiger partial charge in [-0.05, 0) is 65.5 Å². The van der Waals surface area contributed by atoms with Gasteiger partial charge >= 0.3 is 0 Å². The first-order valence-electron chi connectivity index (χ1n) is 5.35. The Balaban J connectivity index is 2.04. The Labute approximate surface area is 119 Å². The van der Waals surface area contributed by atoms with E-state index in [0.717, 1.165) is 0 Å². The standard InChI is InChI=1S/C13H14BrNS2/c1-9(12-7-8-13(14)17-12)15-10-3-5-11(16-2)6-4-10/h3-9,15H,1-2H3. The summed E-state index contributed by atoms with van der Waals surface area (Å²) >= 11 is 7.03. The third-order valence-electron chi connectivity index (χ3n) is 2.49. The van der Waals surface area contributed by atoms with Gasteiger partial charge in [-0.3, -0.25) is 0 Å². The number of hydrogen-bond acceptors (Lipinski definition) is 3. The van der Waals surface area contributed by atoms with E-state index in [1.807, 2.05) is 0 Å².